The van der Waals surface area contributed by atoms with E-state index in [1.807, 2.05) is 0 Å². The van der Waals surface area contributed by atoms with Gasteiger partial charge in [-0.25, -0.2) is 0 Å². The monoisotopic (exact) mass is 379 g/mol. The van der Waals surface area contributed by atoms with Crippen LogP contribution in [-0.4, -0.2) is 25.2 Å². The molecule has 1 N–H and O–H groups in total. The molecule has 3 rings (SSSR count). The lowest BCUT2D eigenvalue weighted by Crippen LogP contribution is -2.23. The fourth-order valence-electron chi connectivity index (χ4n) is 2.81. The number of carbonyl (C=O) groups is 1. The molecule has 0 aliphatic carbocycles. The van der Waals surface area contributed by atoms with Crippen molar-refractivity contribution in [3.63, 3.8) is 0 Å². The SMILES string of the molecule is O=C(NCc1cccc(C(F)(F)F)c1)c1ccc(OCC2CCCO2)cc1. The van der Waals surface area contributed by atoms with E-state index in [0.717, 1.165) is 31.6 Å². The van der Waals surface area contributed by atoms with Crippen molar-refractivity contribution in [2.24, 2.45) is 0 Å². The average Bonchev–Trinajstić information content (AvgIpc) is 3.18. The van der Waals surface area contributed by atoms with E-state index in [1.54, 1.807) is 24.3 Å². The summed E-state index contributed by atoms with van der Waals surface area (Å²) in [5.74, 6) is 0.276. The maximum absolute atomic E-state index is 12.7. The van der Waals surface area contributed by atoms with Crippen molar-refractivity contribution < 1.29 is 27.4 Å². The molecule has 1 heterocycles. The normalized spacial score (nSPS) is 16.9. The van der Waals surface area contributed by atoms with E-state index in [4.69, 9.17) is 9.47 Å². The summed E-state index contributed by atoms with van der Waals surface area (Å²) in [6.07, 6.45) is -2.27. The van der Waals surface area contributed by atoms with Crippen LogP contribution < -0.4 is 10.1 Å². The molecule has 0 radical (unpaired) electrons. The molecule has 0 saturated carbocycles. The van der Waals surface area contributed by atoms with Gasteiger partial charge in [-0.1, -0.05) is 12.1 Å². The van der Waals surface area contributed by atoms with Gasteiger partial charge in [0, 0.05) is 18.7 Å². The van der Waals surface area contributed by atoms with Crippen LogP contribution in [0.15, 0.2) is 48.5 Å². The second-order valence-electron chi connectivity index (χ2n) is 6.35. The molecule has 4 nitrogen and oxygen atoms in total. The van der Waals surface area contributed by atoms with Crippen molar-refractivity contribution in [3.8, 4) is 5.75 Å². The number of carbonyl (C=O) groups excluding carboxylic acids is 1. The molecule has 1 amide bonds. The molecule has 144 valence electrons. The van der Waals surface area contributed by atoms with Crippen LogP contribution in [0.2, 0.25) is 0 Å². The topological polar surface area (TPSA) is 47.6 Å². The van der Waals surface area contributed by atoms with E-state index in [-0.39, 0.29) is 18.6 Å². The lowest BCUT2D eigenvalue weighted by Gasteiger charge is -2.12. The summed E-state index contributed by atoms with van der Waals surface area (Å²) in [4.78, 5) is 12.2. The fourth-order valence-corrected chi connectivity index (χ4v) is 2.81. The van der Waals surface area contributed by atoms with Crippen LogP contribution >= 0.6 is 0 Å². The molecule has 1 aliphatic rings. The Morgan fingerprint density at radius 2 is 1.96 bits per heavy atom. The maximum Gasteiger partial charge on any atom is 0.416 e. The predicted molar refractivity (Wildman–Crippen MR) is 93.5 cm³/mol. The van der Waals surface area contributed by atoms with E-state index < -0.39 is 11.7 Å². The standard InChI is InChI=1S/C20H20F3NO3/c21-20(22,23)16-4-1-3-14(11-16)12-24-19(25)15-6-8-17(9-7-15)27-13-18-5-2-10-26-18/h1,3-4,6-9,11,18H,2,5,10,12-13H2,(H,24,25). The van der Waals surface area contributed by atoms with Gasteiger partial charge in [-0.2, -0.15) is 13.2 Å². The Labute approximate surface area is 155 Å². The first-order chi connectivity index (χ1) is 12.9. The van der Waals surface area contributed by atoms with E-state index in [2.05, 4.69) is 5.32 Å². The molecular formula is C20H20F3NO3. The molecule has 2 aromatic carbocycles. The molecule has 1 unspecified atom stereocenters. The van der Waals surface area contributed by atoms with Crippen LogP contribution in [0.3, 0.4) is 0 Å². The zero-order chi connectivity index (χ0) is 19.3. The van der Waals surface area contributed by atoms with E-state index in [9.17, 15) is 18.0 Å². The first-order valence-electron chi connectivity index (χ1n) is 8.70. The van der Waals surface area contributed by atoms with Gasteiger partial charge in [-0.3, -0.25) is 4.79 Å². The summed E-state index contributed by atoms with van der Waals surface area (Å²) < 4.78 is 49.3. The van der Waals surface area contributed by atoms with E-state index in [1.165, 1.54) is 12.1 Å². The summed E-state index contributed by atoms with van der Waals surface area (Å²) in [5.41, 5.74) is 0.0585. The van der Waals surface area contributed by atoms with Crippen molar-refractivity contribution in [1.29, 1.82) is 0 Å². The van der Waals surface area contributed by atoms with Crippen LogP contribution in [0.4, 0.5) is 13.2 Å². The first kappa shape index (κ1) is 19.2. The fraction of sp³-hybridized carbons (Fsp3) is 0.350. The number of alkyl halides is 3. The summed E-state index contributed by atoms with van der Waals surface area (Å²) >= 11 is 0. The molecule has 0 spiro atoms. The van der Waals surface area contributed by atoms with Crippen molar-refractivity contribution in [3.05, 3.63) is 65.2 Å². The molecule has 0 bridgehead atoms. The molecular weight excluding hydrogens is 359 g/mol. The van der Waals surface area contributed by atoms with Crippen LogP contribution in [-0.2, 0) is 17.5 Å². The third-order valence-electron chi connectivity index (χ3n) is 4.28. The quantitative estimate of drug-likeness (QED) is 0.819. The van der Waals surface area contributed by atoms with E-state index >= 15 is 0 Å². The van der Waals surface area contributed by atoms with Gasteiger partial charge in [0.25, 0.3) is 5.91 Å². The number of benzene rings is 2. The molecule has 7 heteroatoms. The number of rotatable bonds is 6. The molecule has 0 aromatic heterocycles. The lowest BCUT2D eigenvalue weighted by atomic mass is 10.1. The van der Waals surface area contributed by atoms with Crippen LogP contribution in [0.1, 0.15) is 34.3 Å². The highest BCUT2D eigenvalue weighted by atomic mass is 19.4. The molecule has 27 heavy (non-hydrogen) atoms. The predicted octanol–water partition coefficient (Wildman–Crippen LogP) is 4.19. The summed E-state index contributed by atoms with van der Waals surface area (Å²) in [6, 6.07) is 11.5. The molecule has 1 saturated heterocycles. The highest BCUT2D eigenvalue weighted by molar-refractivity contribution is 5.94. The number of hydrogen-bond acceptors (Lipinski definition) is 3. The zero-order valence-corrected chi connectivity index (χ0v) is 14.6. The Hall–Kier alpha value is -2.54. The third-order valence-corrected chi connectivity index (χ3v) is 4.28. The van der Waals surface area contributed by atoms with Gasteiger partial charge in [-0.15, -0.1) is 0 Å². The minimum Gasteiger partial charge on any atom is -0.491 e. The highest BCUT2D eigenvalue weighted by Gasteiger charge is 2.30. The minimum atomic E-state index is -4.40. The van der Waals surface area contributed by atoms with Gasteiger partial charge < -0.3 is 14.8 Å². The van der Waals surface area contributed by atoms with Crippen molar-refractivity contribution in [2.75, 3.05) is 13.2 Å². The van der Waals surface area contributed by atoms with Gasteiger partial charge >= 0.3 is 6.18 Å². The average molecular weight is 379 g/mol. The molecule has 2 aromatic rings. The van der Waals surface area contributed by atoms with Crippen LogP contribution in [0.5, 0.6) is 5.75 Å². The van der Waals surface area contributed by atoms with Gasteiger partial charge in [0.1, 0.15) is 12.4 Å². The third kappa shape index (κ3) is 5.47. The van der Waals surface area contributed by atoms with Gasteiger partial charge in [0.2, 0.25) is 0 Å². The van der Waals surface area contributed by atoms with Gasteiger partial charge in [0.15, 0.2) is 0 Å². The number of halogens is 3. The van der Waals surface area contributed by atoms with E-state index in [0.29, 0.717) is 23.5 Å². The Morgan fingerprint density at radius 3 is 2.63 bits per heavy atom. The Bertz CT molecular complexity index is 769. The molecule has 1 atom stereocenters. The van der Waals surface area contributed by atoms with Crippen molar-refractivity contribution in [1.82, 2.24) is 5.32 Å². The van der Waals surface area contributed by atoms with Gasteiger partial charge in [-0.05, 0) is 54.8 Å². The Kier molecular flexibility index (Phi) is 6.01. The number of nitrogens with one attached hydrogen (secondary N) is 1. The van der Waals surface area contributed by atoms with Crippen LogP contribution in [0.25, 0.3) is 0 Å². The summed E-state index contributed by atoms with van der Waals surface area (Å²) in [5, 5.41) is 2.62. The Morgan fingerprint density at radius 1 is 1.19 bits per heavy atom. The van der Waals surface area contributed by atoms with Gasteiger partial charge in [0.05, 0.1) is 11.7 Å². The maximum atomic E-state index is 12.7. The smallest absolute Gasteiger partial charge is 0.416 e. The second kappa shape index (κ2) is 8.43. The zero-order valence-electron chi connectivity index (χ0n) is 14.6. The van der Waals surface area contributed by atoms with Crippen molar-refractivity contribution in [2.45, 2.75) is 31.7 Å². The second-order valence-corrected chi connectivity index (χ2v) is 6.35. The molecule has 1 fully saturated rings. The van der Waals surface area contributed by atoms with Crippen LogP contribution in [0, 0.1) is 0 Å². The largest absolute Gasteiger partial charge is 0.491 e. The lowest BCUT2D eigenvalue weighted by molar-refractivity contribution is -0.137. The van der Waals surface area contributed by atoms with Crippen molar-refractivity contribution >= 4 is 5.91 Å². The number of ether oxygens (including phenoxy) is 2. The summed E-state index contributed by atoms with van der Waals surface area (Å²) in [6.45, 7) is 1.25. The highest BCUT2D eigenvalue weighted by Crippen LogP contribution is 2.29. The molecule has 1 aliphatic heterocycles. The number of hydrogen-bond donors (Lipinski definition) is 1. The summed E-state index contributed by atoms with van der Waals surface area (Å²) in [7, 11) is 0. The first-order valence-corrected chi connectivity index (χ1v) is 8.70. The number of amides is 1. The minimum absolute atomic E-state index is 0.0139. The Balaban J connectivity index is 1.52.